The minimum Gasteiger partial charge on any atom is -0.362 e. The standard InChI is InChI=1S/C17H21N3O/c1-12-16-4-3-15(11-14(16)5-8-18-12)19-17(21)13-6-9-20(2)10-7-13/h3-5,8,11,13,18H,1,6-7,9-10H2,2H3,(H,19,21). The van der Waals surface area contributed by atoms with Gasteiger partial charge in [-0.1, -0.05) is 12.6 Å². The molecule has 0 aliphatic carbocycles. The number of hydrogen-bond donors (Lipinski definition) is 2. The van der Waals surface area contributed by atoms with Gasteiger partial charge in [-0.25, -0.2) is 0 Å². The number of fused-ring (bicyclic) bond motifs is 1. The summed E-state index contributed by atoms with van der Waals surface area (Å²) in [6.45, 7) is 5.97. The van der Waals surface area contributed by atoms with Gasteiger partial charge in [-0.05, 0) is 56.8 Å². The van der Waals surface area contributed by atoms with Gasteiger partial charge in [-0.3, -0.25) is 4.79 Å². The number of nitrogens with zero attached hydrogens (tertiary/aromatic N) is 1. The Balaban J connectivity index is 1.70. The van der Waals surface area contributed by atoms with Crippen LogP contribution in [0.4, 0.5) is 5.69 Å². The van der Waals surface area contributed by atoms with Crippen LogP contribution in [0.2, 0.25) is 0 Å². The topological polar surface area (TPSA) is 44.4 Å². The maximum Gasteiger partial charge on any atom is 0.227 e. The second-order valence-corrected chi connectivity index (χ2v) is 5.83. The smallest absolute Gasteiger partial charge is 0.227 e. The van der Waals surface area contributed by atoms with E-state index in [0.29, 0.717) is 0 Å². The molecule has 0 bridgehead atoms. The van der Waals surface area contributed by atoms with Crippen LogP contribution < -0.4 is 10.6 Å². The number of nitrogens with one attached hydrogen (secondary N) is 2. The maximum absolute atomic E-state index is 12.3. The van der Waals surface area contributed by atoms with E-state index in [9.17, 15) is 4.79 Å². The zero-order chi connectivity index (χ0) is 14.8. The molecular formula is C17H21N3O. The van der Waals surface area contributed by atoms with E-state index in [-0.39, 0.29) is 11.8 Å². The van der Waals surface area contributed by atoms with Crippen LogP contribution in [0.1, 0.15) is 24.0 Å². The molecule has 1 amide bonds. The van der Waals surface area contributed by atoms with Crippen LogP contribution in [0.25, 0.3) is 11.8 Å². The van der Waals surface area contributed by atoms with Gasteiger partial charge in [0, 0.05) is 29.1 Å². The van der Waals surface area contributed by atoms with Gasteiger partial charge in [0.15, 0.2) is 0 Å². The Kier molecular flexibility index (Phi) is 3.80. The van der Waals surface area contributed by atoms with Gasteiger partial charge in [-0.2, -0.15) is 0 Å². The Labute approximate surface area is 125 Å². The highest BCUT2D eigenvalue weighted by Crippen LogP contribution is 2.25. The van der Waals surface area contributed by atoms with Gasteiger partial charge in [0.2, 0.25) is 5.91 Å². The van der Waals surface area contributed by atoms with E-state index >= 15 is 0 Å². The highest BCUT2D eigenvalue weighted by atomic mass is 16.1. The largest absolute Gasteiger partial charge is 0.362 e. The Hall–Kier alpha value is -2.07. The zero-order valence-corrected chi connectivity index (χ0v) is 12.4. The molecule has 2 aliphatic rings. The third-order valence-electron chi connectivity index (χ3n) is 4.25. The van der Waals surface area contributed by atoms with Crippen molar-refractivity contribution in [2.45, 2.75) is 12.8 Å². The predicted molar refractivity (Wildman–Crippen MR) is 86.5 cm³/mol. The van der Waals surface area contributed by atoms with Gasteiger partial charge in [0.1, 0.15) is 0 Å². The maximum atomic E-state index is 12.3. The van der Waals surface area contributed by atoms with E-state index in [1.54, 1.807) is 0 Å². The average Bonchev–Trinajstić information content (AvgIpc) is 2.48. The van der Waals surface area contributed by atoms with Crippen molar-refractivity contribution in [1.29, 1.82) is 0 Å². The fourth-order valence-corrected chi connectivity index (χ4v) is 2.88. The van der Waals surface area contributed by atoms with Crippen molar-refractivity contribution < 1.29 is 4.79 Å². The minimum absolute atomic E-state index is 0.129. The molecule has 2 aliphatic heterocycles. The van der Waals surface area contributed by atoms with E-state index in [4.69, 9.17) is 0 Å². The first kappa shape index (κ1) is 13.9. The first-order chi connectivity index (χ1) is 10.1. The first-order valence-electron chi connectivity index (χ1n) is 7.39. The summed E-state index contributed by atoms with van der Waals surface area (Å²) in [5, 5.41) is 6.14. The molecule has 0 atom stereocenters. The third-order valence-corrected chi connectivity index (χ3v) is 4.25. The molecule has 0 radical (unpaired) electrons. The molecule has 21 heavy (non-hydrogen) atoms. The van der Waals surface area contributed by atoms with Crippen LogP contribution in [-0.4, -0.2) is 30.9 Å². The molecule has 0 spiro atoms. The van der Waals surface area contributed by atoms with Crippen LogP contribution in [0.5, 0.6) is 0 Å². The Morgan fingerprint density at radius 3 is 2.90 bits per heavy atom. The Bertz CT molecular complexity index is 598. The van der Waals surface area contributed by atoms with Crippen molar-refractivity contribution >= 4 is 23.4 Å². The Morgan fingerprint density at radius 1 is 1.38 bits per heavy atom. The highest BCUT2D eigenvalue weighted by molar-refractivity contribution is 5.93. The number of carbonyl (C=O) groups is 1. The molecule has 4 heteroatoms. The second-order valence-electron chi connectivity index (χ2n) is 5.83. The number of likely N-dealkylation sites (tertiary alicyclic amines) is 1. The van der Waals surface area contributed by atoms with Gasteiger partial charge in [-0.15, -0.1) is 0 Å². The molecule has 1 aromatic rings. The monoisotopic (exact) mass is 283 g/mol. The molecule has 0 unspecified atom stereocenters. The minimum atomic E-state index is 0.129. The first-order valence-corrected chi connectivity index (χ1v) is 7.39. The predicted octanol–water partition coefficient (Wildman–Crippen LogP) is 2.51. The van der Waals surface area contributed by atoms with Crippen LogP contribution in [0.3, 0.4) is 0 Å². The number of piperidine rings is 1. The summed E-state index contributed by atoms with van der Waals surface area (Å²) >= 11 is 0. The van der Waals surface area contributed by atoms with E-state index in [2.05, 4.69) is 29.2 Å². The lowest BCUT2D eigenvalue weighted by Crippen LogP contribution is -2.35. The molecular weight excluding hydrogens is 262 g/mol. The zero-order valence-electron chi connectivity index (χ0n) is 12.4. The van der Waals surface area contributed by atoms with Crippen molar-refractivity contribution in [3.8, 4) is 0 Å². The quantitative estimate of drug-likeness (QED) is 0.876. The number of carbonyl (C=O) groups excluding carboxylic acids is 1. The van der Waals surface area contributed by atoms with Crippen molar-refractivity contribution in [1.82, 2.24) is 10.2 Å². The molecule has 110 valence electrons. The van der Waals surface area contributed by atoms with Crippen LogP contribution >= 0.6 is 0 Å². The summed E-state index contributed by atoms with van der Waals surface area (Å²) in [7, 11) is 2.10. The van der Waals surface area contributed by atoms with Crippen LogP contribution in [0.15, 0.2) is 31.0 Å². The molecule has 1 fully saturated rings. The molecule has 0 aromatic heterocycles. The van der Waals surface area contributed by atoms with E-state index < -0.39 is 0 Å². The average molecular weight is 283 g/mol. The lowest BCUT2D eigenvalue weighted by atomic mass is 9.96. The molecule has 0 saturated carbocycles. The number of rotatable bonds is 2. The van der Waals surface area contributed by atoms with Gasteiger partial charge in [0.05, 0.1) is 0 Å². The summed E-state index contributed by atoms with van der Waals surface area (Å²) in [6, 6.07) is 5.95. The number of amides is 1. The molecule has 1 aromatic carbocycles. The molecule has 4 nitrogen and oxygen atoms in total. The van der Waals surface area contributed by atoms with Crippen LogP contribution in [0, 0.1) is 5.92 Å². The SMILES string of the molecule is C=C1NC=Cc2cc(NC(=O)C3CCN(C)CC3)ccc21. The van der Waals surface area contributed by atoms with Crippen LogP contribution in [-0.2, 0) is 4.79 Å². The van der Waals surface area contributed by atoms with Crippen molar-refractivity contribution in [2.24, 2.45) is 5.92 Å². The number of hydrogen-bond acceptors (Lipinski definition) is 3. The lowest BCUT2D eigenvalue weighted by molar-refractivity contribution is -0.121. The second kappa shape index (κ2) is 5.74. The van der Waals surface area contributed by atoms with Gasteiger partial charge >= 0.3 is 0 Å². The highest BCUT2D eigenvalue weighted by Gasteiger charge is 2.23. The summed E-state index contributed by atoms with van der Waals surface area (Å²) in [5.41, 5.74) is 3.91. The molecule has 1 saturated heterocycles. The molecule has 2 heterocycles. The van der Waals surface area contributed by atoms with Gasteiger partial charge < -0.3 is 15.5 Å². The number of anilines is 1. The molecule has 3 rings (SSSR count). The summed E-state index contributed by atoms with van der Waals surface area (Å²) in [5.74, 6) is 0.268. The van der Waals surface area contributed by atoms with E-state index in [0.717, 1.165) is 48.4 Å². The van der Waals surface area contributed by atoms with Gasteiger partial charge in [0.25, 0.3) is 0 Å². The van der Waals surface area contributed by atoms with Crippen molar-refractivity contribution in [3.63, 3.8) is 0 Å². The number of benzene rings is 1. The normalized spacial score (nSPS) is 19.0. The summed E-state index contributed by atoms with van der Waals surface area (Å²) in [6.07, 6.45) is 5.74. The van der Waals surface area contributed by atoms with E-state index in [1.807, 2.05) is 30.5 Å². The summed E-state index contributed by atoms with van der Waals surface area (Å²) < 4.78 is 0. The molecule has 2 N–H and O–H groups in total. The third kappa shape index (κ3) is 3.00. The fraction of sp³-hybridized carbons (Fsp3) is 0.353. The van der Waals surface area contributed by atoms with Crippen molar-refractivity contribution in [2.75, 3.05) is 25.5 Å². The van der Waals surface area contributed by atoms with Crippen molar-refractivity contribution in [3.05, 3.63) is 42.1 Å². The lowest BCUT2D eigenvalue weighted by Gasteiger charge is -2.28. The summed E-state index contributed by atoms with van der Waals surface area (Å²) in [4.78, 5) is 14.6. The van der Waals surface area contributed by atoms with E-state index in [1.165, 1.54) is 0 Å². The fourth-order valence-electron chi connectivity index (χ4n) is 2.88. The Morgan fingerprint density at radius 2 is 2.14 bits per heavy atom.